The maximum atomic E-state index is 12.1. The summed E-state index contributed by atoms with van der Waals surface area (Å²) in [4.78, 5) is 13.6. The molecule has 0 aliphatic rings. The van der Waals surface area contributed by atoms with E-state index in [1.807, 2.05) is 13.8 Å². The first kappa shape index (κ1) is 14.7. The second kappa shape index (κ2) is 5.11. The van der Waals surface area contributed by atoms with Crippen molar-refractivity contribution in [3.63, 3.8) is 0 Å². The lowest BCUT2D eigenvalue weighted by Crippen LogP contribution is -2.31. The van der Waals surface area contributed by atoms with Gasteiger partial charge in [0, 0.05) is 26.8 Å². The number of rotatable bonds is 4. The van der Waals surface area contributed by atoms with Crippen LogP contribution in [0.5, 0.6) is 0 Å². The Hall–Kier alpha value is -1.34. The minimum Gasteiger partial charge on any atom is -0.345 e. The van der Waals surface area contributed by atoms with Gasteiger partial charge in [-0.25, -0.2) is 13.6 Å². The highest BCUT2D eigenvalue weighted by Crippen LogP contribution is 2.14. The second-order valence-corrected chi connectivity index (χ2v) is 6.36. The van der Waals surface area contributed by atoms with Gasteiger partial charge < -0.3 is 9.47 Å². The number of hydrogen-bond donors (Lipinski definition) is 1. The maximum Gasteiger partial charge on any atom is 0.270 e. The van der Waals surface area contributed by atoms with Crippen LogP contribution in [0.4, 0.5) is 0 Å². The zero-order chi connectivity index (χ0) is 14.1. The monoisotopic (exact) mass is 273 g/mol. The molecule has 1 aromatic rings. The first-order valence-electron chi connectivity index (χ1n) is 5.57. The Morgan fingerprint density at radius 1 is 1.50 bits per heavy atom. The Morgan fingerprint density at radius 3 is 2.44 bits per heavy atom. The Balaban J connectivity index is 3.04. The molecule has 18 heavy (non-hydrogen) atoms. The molecule has 0 bridgehead atoms. The number of carbonyl (C=O) groups is 1. The van der Waals surface area contributed by atoms with Crippen LogP contribution in [-0.4, -0.2) is 37.4 Å². The van der Waals surface area contributed by atoms with Crippen LogP contribution in [-0.2, 0) is 17.1 Å². The number of hydrogen-bond acceptors (Lipinski definition) is 3. The summed E-state index contributed by atoms with van der Waals surface area (Å²) >= 11 is 0. The van der Waals surface area contributed by atoms with Crippen molar-refractivity contribution < 1.29 is 13.2 Å². The van der Waals surface area contributed by atoms with E-state index in [0.29, 0.717) is 18.2 Å². The lowest BCUT2D eigenvalue weighted by molar-refractivity contribution is 0.0769. The largest absolute Gasteiger partial charge is 0.345 e. The minimum atomic E-state index is -3.78. The van der Waals surface area contributed by atoms with Crippen LogP contribution < -0.4 is 5.14 Å². The lowest BCUT2D eigenvalue weighted by atomic mass is 10.2. The fourth-order valence-electron chi connectivity index (χ4n) is 1.73. The summed E-state index contributed by atoms with van der Waals surface area (Å²) in [5.41, 5.74) is 0.308. The highest BCUT2D eigenvalue weighted by atomic mass is 32.2. The van der Waals surface area contributed by atoms with E-state index >= 15 is 0 Å². The van der Waals surface area contributed by atoms with E-state index in [-0.39, 0.29) is 10.8 Å². The average Bonchev–Trinajstić information content (AvgIpc) is 2.57. The van der Waals surface area contributed by atoms with E-state index in [4.69, 9.17) is 5.14 Å². The van der Waals surface area contributed by atoms with Crippen molar-refractivity contribution in [2.75, 3.05) is 13.6 Å². The summed E-state index contributed by atoms with van der Waals surface area (Å²) in [7, 11) is -0.476. The number of nitrogens with two attached hydrogens (primary N) is 1. The molecule has 6 nitrogen and oxygen atoms in total. The van der Waals surface area contributed by atoms with E-state index in [0.717, 1.165) is 0 Å². The molecular formula is C11H19N3O3S. The molecule has 0 saturated heterocycles. The molecule has 1 heterocycles. The van der Waals surface area contributed by atoms with Crippen molar-refractivity contribution >= 4 is 15.9 Å². The third kappa shape index (κ3) is 3.33. The van der Waals surface area contributed by atoms with Crippen LogP contribution >= 0.6 is 0 Å². The summed E-state index contributed by atoms with van der Waals surface area (Å²) in [6.45, 7) is 4.61. The Labute approximate surface area is 107 Å². The number of aromatic nitrogens is 1. The first-order chi connectivity index (χ1) is 8.12. The minimum absolute atomic E-state index is 0.0497. The molecule has 7 heteroatoms. The van der Waals surface area contributed by atoms with Crippen molar-refractivity contribution in [1.82, 2.24) is 9.47 Å². The molecule has 0 aliphatic heterocycles. The second-order valence-electron chi connectivity index (χ2n) is 4.80. The molecule has 0 radical (unpaired) electrons. The summed E-state index contributed by atoms with van der Waals surface area (Å²) in [6.07, 6.45) is 1.34. The molecule has 0 unspecified atom stereocenters. The smallest absolute Gasteiger partial charge is 0.270 e. The summed E-state index contributed by atoms with van der Waals surface area (Å²) < 4.78 is 23.9. The predicted molar refractivity (Wildman–Crippen MR) is 68.6 cm³/mol. The quantitative estimate of drug-likeness (QED) is 0.861. The predicted octanol–water partition coefficient (Wildman–Crippen LogP) is 0.401. The molecule has 1 aromatic heterocycles. The van der Waals surface area contributed by atoms with Gasteiger partial charge >= 0.3 is 0 Å². The van der Waals surface area contributed by atoms with Crippen molar-refractivity contribution in [3.8, 4) is 0 Å². The number of nitrogens with zero attached hydrogens (tertiary/aromatic N) is 2. The van der Waals surface area contributed by atoms with E-state index in [1.165, 1.54) is 16.8 Å². The molecule has 102 valence electrons. The zero-order valence-electron chi connectivity index (χ0n) is 11.0. The fraction of sp³-hybridized carbons (Fsp3) is 0.545. The van der Waals surface area contributed by atoms with E-state index < -0.39 is 10.0 Å². The van der Waals surface area contributed by atoms with Gasteiger partial charge in [0.2, 0.25) is 10.0 Å². The van der Waals surface area contributed by atoms with Crippen molar-refractivity contribution in [2.45, 2.75) is 18.7 Å². The van der Waals surface area contributed by atoms with Gasteiger partial charge in [0.1, 0.15) is 10.6 Å². The highest BCUT2D eigenvalue weighted by molar-refractivity contribution is 7.89. The maximum absolute atomic E-state index is 12.1. The number of sulfonamides is 1. The van der Waals surface area contributed by atoms with Crippen molar-refractivity contribution in [1.29, 1.82) is 0 Å². The van der Waals surface area contributed by atoms with Crippen molar-refractivity contribution in [3.05, 3.63) is 18.0 Å². The van der Waals surface area contributed by atoms with Crippen LogP contribution in [0.25, 0.3) is 0 Å². The first-order valence-corrected chi connectivity index (χ1v) is 7.12. The SMILES string of the molecule is CC(C)CN(C)C(=O)c1cc(S(N)(=O)=O)cn1C. The average molecular weight is 273 g/mol. The van der Waals surface area contributed by atoms with E-state index in [2.05, 4.69) is 0 Å². The summed E-state index contributed by atoms with van der Waals surface area (Å²) in [5, 5.41) is 5.03. The van der Waals surface area contributed by atoms with Gasteiger partial charge in [-0.05, 0) is 12.0 Å². The van der Waals surface area contributed by atoms with Gasteiger partial charge in [0.05, 0.1) is 0 Å². The molecular weight excluding hydrogens is 254 g/mol. The van der Waals surface area contributed by atoms with Gasteiger partial charge in [-0.3, -0.25) is 4.79 Å². The summed E-state index contributed by atoms with van der Waals surface area (Å²) in [6, 6.07) is 1.30. The zero-order valence-corrected chi connectivity index (χ0v) is 11.9. The topological polar surface area (TPSA) is 85.4 Å². The molecule has 0 spiro atoms. The van der Waals surface area contributed by atoms with Gasteiger partial charge in [-0.15, -0.1) is 0 Å². The normalized spacial score (nSPS) is 11.9. The number of amides is 1. The number of aryl methyl sites for hydroxylation is 1. The molecule has 2 N–H and O–H groups in total. The van der Waals surface area contributed by atoms with Gasteiger partial charge in [-0.2, -0.15) is 0 Å². The van der Waals surface area contributed by atoms with E-state index in [9.17, 15) is 13.2 Å². The van der Waals surface area contributed by atoms with Crippen LogP contribution in [0.15, 0.2) is 17.2 Å². The molecule has 0 atom stereocenters. The van der Waals surface area contributed by atoms with Crippen LogP contribution in [0.3, 0.4) is 0 Å². The standard InChI is InChI=1S/C11H19N3O3S/c1-8(2)6-14(4)11(15)10-5-9(7-13(10)3)18(12,16)17/h5,7-8H,6H2,1-4H3,(H2,12,16,17). The van der Waals surface area contributed by atoms with Gasteiger partial charge in [-0.1, -0.05) is 13.8 Å². The highest BCUT2D eigenvalue weighted by Gasteiger charge is 2.20. The molecule has 0 aromatic carbocycles. The van der Waals surface area contributed by atoms with E-state index in [1.54, 1.807) is 19.0 Å². The number of primary sulfonamides is 1. The molecule has 1 rings (SSSR count). The van der Waals surface area contributed by atoms with Gasteiger partial charge in [0.15, 0.2) is 0 Å². The Bertz CT molecular complexity index is 546. The van der Waals surface area contributed by atoms with Crippen molar-refractivity contribution in [2.24, 2.45) is 18.1 Å². The summed E-state index contributed by atoms with van der Waals surface area (Å²) in [5.74, 6) is 0.123. The third-order valence-electron chi connectivity index (χ3n) is 2.51. The van der Waals surface area contributed by atoms with Crippen LogP contribution in [0.1, 0.15) is 24.3 Å². The van der Waals surface area contributed by atoms with Gasteiger partial charge in [0.25, 0.3) is 5.91 Å². The molecule has 0 aliphatic carbocycles. The molecule has 1 amide bonds. The number of carbonyl (C=O) groups excluding carboxylic acids is 1. The molecule has 0 fully saturated rings. The van der Waals surface area contributed by atoms with Crippen LogP contribution in [0.2, 0.25) is 0 Å². The fourth-order valence-corrected chi connectivity index (χ4v) is 2.31. The third-order valence-corrected chi connectivity index (χ3v) is 3.39. The van der Waals surface area contributed by atoms with Crippen LogP contribution in [0, 0.1) is 5.92 Å². The Morgan fingerprint density at radius 2 is 2.06 bits per heavy atom. The lowest BCUT2D eigenvalue weighted by Gasteiger charge is -2.19. The Kier molecular flexibility index (Phi) is 4.18. The molecule has 0 saturated carbocycles.